The minimum absolute atomic E-state index is 0.133. The lowest BCUT2D eigenvalue weighted by Crippen LogP contribution is -2.41. The third-order valence-electron chi connectivity index (χ3n) is 2.54. The summed E-state index contributed by atoms with van der Waals surface area (Å²) in [5.74, 6) is -0.621. The Morgan fingerprint density at radius 2 is 2.29 bits per heavy atom. The van der Waals surface area contributed by atoms with Crippen molar-refractivity contribution in [3.63, 3.8) is 0 Å². The molecule has 0 radical (unpaired) electrons. The SMILES string of the molecule is Cn1ccc(S(=O)(=O)N2CSC[C@H]2C(=O)O)c1. The minimum atomic E-state index is -3.70. The summed E-state index contributed by atoms with van der Waals surface area (Å²) < 4.78 is 27.1. The monoisotopic (exact) mass is 276 g/mol. The number of carboxylic acids is 1. The Bertz CT molecular complexity index is 537. The highest BCUT2D eigenvalue weighted by Gasteiger charge is 2.40. The van der Waals surface area contributed by atoms with Gasteiger partial charge in [-0.05, 0) is 6.07 Å². The van der Waals surface area contributed by atoms with Gasteiger partial charge in [-0.3, -0.25) is 4.79 Å². The Labute approximate surface area is 103 Å². The molecule has 8 heteroatoms. The van der Waals surface area contributed by atoms with Crippen LogP contribution in [0.2, 0.25) is 0 Å². The van der Waals surface area contributed by atoms with Crippen LogP contribution in [-0.4, -0.2) is 46.0 Å². The normalized spacial score (nSPS) is 21.8. The standard InChI is InChI=1S/C9H12N2O4S2/c1-10-3-2-7(4-10)17(14,15)11-6-16-5-8(11)9(12)13/h2-4,8H,5-6H2,1H3,(H,12,13)/t8-/m0/s1. The van der Waals surface area contributed by atoms with Crippen LogP contribution in [0.4, 0.5) is 0 Å². The largest absolute Gasteiger partial charge is 0.480 e. The van der Waals surface area contributed by atoms with E-state index in [0.717, 1.165) is 4.31 Å². The lowest BCUT2D eigenvalue weighted by atomic mass is 10.4. The summed E-state index contributed by atoms with van der Waals surface area (Å²) in [5.41, 5.74) is 0. The average Bonchev–Trinajstić information content (AvgIpc) is 2.84. The maximum atomic E-state index is 12.2. The van der Waals surface area contributed by atoms with Crippen molar-refractivity contribution in [3.05, 3.63) is 18.5 Å². The minimum Gasteiger partial charge on any atom is -0.480 e. The number of aryl methyl sites for hydroxylation is 1. The molecular formula is C9H12N2O4S2. The van der Waals surface area contributed by atoms with E-state index in [2.05, 4.69) is 0 Å². The number of aromatic nitrogens is 1. The van der Waals surface area contributed by atoms with E-state index in [-0.39, 0.29) is 10.8 Å². The number of carboxylic acid groups (broad SMARTS) is 1. The van der Waals surface area contributed by atoms with Gasteiger partial charge in [0.25, 0.3) is 0 Å². The molecule has 0 aliphatic carbocycles. The molecular weight excluding hydrogens is 264 g/mol. The second-order valence-corrected chi connectivity index (χ2v) is 6.65. The van der Waals surface area contributed by atoms with Crippen LogP contribution < -0.4 is 0 Å². The summed E-state index contributed by atoms with van der Waals surface area (Å²) in [6.45, 7) is 0. The van der Waals surface area contributed by atoms with Gasteiger partial charge in [-0.1, -0.05) is 0 Å². The van der Waals surface area contributed by atoms with Crippen LogP contribution in [0.3, 0.4) is 0 Å². The molecule has 0 unspecified atom stereocenters. The molecule has 1 aliphatic rings. The molecule has 0 aromatic carbocycles. The van der Waals surface area contributed by atoms with Crippen molar-refractivity contribution in [3.8, 4) is 0 Å². The van der Waals surface area contributed by atoms with Crippen molar-refractivity contribution in [2.24, 2.45) is 7.05 Å². The van der Waals surface area contributed by atoms with Gasteiger partial charge in [0.2, 0.25) is 10.0 Å². The Hall–Kier alpha value is -0.990. The smallest absolute Gasteiger partial charge is 0.322 e. The molecule has 0 saturated carbocycles. The third-order valence-corrected chi connectivity index (χ3v) is 5.55. The number of carbonyl (C=O) groups is 1. The summed E-state index contributed by atoms with van der Waals surface area (Å²) in [6, 6.07) is 0.502. The zero-order valence-electron chi connectivity index (χ0n) is 9.11. The van der Waals surface area contributed by atoms with Gasteiger partial charge in [0.15, 0.2) is 0 Å². The summed E-state index contributed by atoms with van der Waals surface area (Å²) in [4.78, 5) is 11.1. The summed E-state index contributed by atoms with van der Waals surface area (Å²) in [6.07, 6.45) is 3.09. The van der Waals surface area contributed by atoms with Crippen molar-refractivity contribution < 1.29 is 18.3 Å². The van der Waals surface area contributed by atoms with Crippen LogP contribution in [0, 0.1) is 0 Å². The van der Waals surface area contributed by atoms with Gasteiger partial charge in [0.05, 0.1) is 10.8 Å². The molecule has 1 aliphatic heterocycles. The first-order valence-corrected chi connectivity index (χ1v) is 7.47. The van der Waals surface area contributed by atoms with E-state index in [4.69, 9.17) is 5.11 Å². The summed E-state index contributed by atoms with van der Waals surface area (Å²) >= 11 is 1.31. The summed E-state index contributed by atoms with van der Waals surface area (Å²) in [5, 5.41) is 8.97. The van der Waals surface area contributed by atoms with E-state index >= 15 is 0 Å². The molecule has 1 fully saturated rings. The maximum absolute atomic E-state index is 12.2. The molecule has 1 aromatic heterocycles. The molecule has 0 amide bonds. The number of sulfonamides is 1. The predicted octanol–water partition coefficient (Wildman–Crippen LogP) is 0.173. The van der Waals surface area contributed by atoms with E-state index in [1.807, 2.05) is 0 Å². The first-order valence-electron chi connectivity index (χ1n) is 4.87. The third kappa shape index (κ3) is 2.20. The molecule has 94 valence electrons. The maximum Gasteiger partial charge on any atom is 0.322 e. The number of hydrogen-bond donors (Lipinski definition) is 1. The second kappa shape index (κ2) is 4.35. The number of thioether (sulfide) groups is 1. The molecule has 1 atom stereocenters. The molecule has 1 saturated heterocycles. The van der Waals surface area contributed by atoms with Gasteiger partial charge in [-0.2, -0.15) is 4.31 Å². The fourth-order valence-electron chi connectivity index (χ4n) is 1.62. The van der Waals surface area contributed by atoms with Crippen molar-refractivity contribution in [1.29, 1.82) is 0 Å². The molecule has 17 heavy (non-hydrogen) atoms. The fraction of sp³-hybridized carbons (Fsp3) is 0.444. The molecule has 6 nitrogen and oxygen atoms in total. The highest BCUT2D eigenvalue weighted by molar-refractivity contribution is 8.00. The van der Waals surface area contributed by atoms with Gasteiger partial charge in [0, 0.05) is 25.2 Å². The Balaban J connectivity index is 2.36. The van der Waals surface area contributed by atoms with E-state index in [0.29, 0.717) is 5.75 Å². The van der Waals surface area contributed by atoms with Crippen molar-refractivity contribution in [2.45, 2.75) is 10.9 Å². The molecule has 1 aromatic rings. The number of hydrogen-bond acceptors (Lipinski definition) is 4. The lowest BCUT2D eigenvalue weighted by Gasteiger charge is -2.19. The van der Waals surface area contributed by atoms with Crippen LogP contribution >= 0.6 is 11.8 Å². The zero-order chi connectivity index (χ0) is 12.6. The van der Waals surface area contributed by atoms with Crippen molar-refractivity contribution in [2.75, 3.05) is 11.6 Å². The summed E-state index contributed by atoms with van der Waals surface area (Å²) in [7, 11) is -1.99. The second-order valence-electron chi connectivity index (χ2n) is 3.76. The zero-order valence-corrected chi connectivity index (χ0v) is 10.7. The predicted molar refractivity (Wildman–Crippen MR) is 63.2 cm³/mol. The van der Waals surface area contributed by atoms with E-state index < -0.39 is 22.0 Å². The van der Waals surface area contributed by atoms with Crippen LogP contribution in [0.15, 0.2) is 23.4 Å². The first kappa shape index (κ1) is 12.5. The molecule has 0 bridgehead atoms. The van der Waals surface area contributed by atoms with Gasteiger partial charge >= 0.3 is 5.97 Å². The van der Waals surface area contributed by atoms with Gasteiger partial charge < -0.3 is 9.67 Å². The molecule has 2 rings (SSSR count). The molecule has 1 N–H and O–H groups in total. The van der Waals surface area contributed by atoms with Gasteiger partial charge in [-0.15, -0.1) is 11.8 Å². The first-order chi connectivity index (χ1) is 7.93. The number of nitrogens with zero attached hydrogens (tertiary/aromatic N) is 2. The highest BCUT2D eigenvalue weighted by Crippen LogP contribution is 2.28. The lowest BCUT2D eigenvalue weighted by molar-refractivity contribution is -0.140. The number of rotatable bonds is 3. The quantitative estimate of drug-likeness (QED) is 0.851. The fourth-order valence-corrected chi connectivity index (χ4v) is 4.81. The van der Waals surface area contributed by atoms with Gasteiger partial charge in [0.1, 0.15) is 6.04 Å². The Morgan fingerprint density at radius 1 is 1.59 bits per heavy atom. The van der Waals surface area contributed by atoms with Crippen molar-refractivity contribution in [1.82, 2.24) is 8.87 Å². The molecule has 2 heterocycles. The van der Waals surface area contributed by atoms with Gasteiger partial charge in [-0.25, -0.2) is 8.42 Å². The van der Waals surface area contributed by atoms with E-state index in [1.165, 1.54) is 24.0 Å². The van der Waals surface area contributed by atoms with Crippen molar-refractivity contribution >= 4 is 27.8 Å². The van der Waals surface area contributed by atoms with Crippen LogP contribution in [0.1, 0.15) is 0 Å². The number of aliphatic carboxylic acids is 1. The van der Waals surface area contributed by atoms with Crippen LogP contribution in [0.5, 0.6) is 0 Å². The Morgan fingerprint density at radius 3 is 2.82 bits per heavy atom. The average molecular weight is 276 g/mol. The van der Waals surface area contributed by atoms with Crippen LogP contribution in [-0.2, 0) is 21.9 Å². The van der Waals surface area contributed by atoms with Crippen LogP contribution in [0.25, 0.3) is 0 Å². The van der Waals surface area contributed by atoms with E-state index in [9.17, 15) is 13.2 Å². The highest BCUT2D eigenvalue weighted by atomic mass is 32.2. The molecule has 0 spiro atoms. The van der Waals surface area contributed by atoms with E-state index in [1.54, 1.807) is 17.8 Å². The Kier molecular flexibility index (Phi) is 3.19. The topological polar surface area (TPSA) is 79.6 Å².